The molecule has 0 unspecified atom stereocenters. The molecule has 1 rings (SSSR count). The summed E-state index contributed by atoms with van der Waals surface area (Å²) in [6, 6.07) is 0.116. The summed E-state index contributed by atoms with van der Waals surface area (Å²) in [7, 11) is 0. The Bertz CT molecular complexity index is 260. The fourth-order valence-electron chi connectivity index (χ4n) is 2.28. The van der Waals surface area contributed by atoms with Gasteiger partial charge >= 0.3 is 6.09 Å². The number of rotatable bonds is 0. The van der Waals surface area contributed by atoms with Gasteiger partial charge < -0.3 is 15.7 Å². The van der Waals surface area contributed by atoms with E-state index in [1.54, 1.807) is 4.90 Å². The predicted octanol–water partition coefficient (Wildman–Crippen LogP) is 1.89. The van der Waals surface area contributed by atoms with Crippen molar-refractivity contribution in [1.29, 1.82) is 0 Å². The van der Waals surface area contributed by atoms with Gasteiger partial charge in [0.2, 0.25) is 0 Å². The standard InChI is InChI=1S/C11H22N2O2/c1-10(2,3)11(4)7-8(12)5-6-13(11)9(14)15/h8H,5-7,12H2,1-4H3,(H,14,15)/t8-,11-/m1/s1. The summed E-state index contributed by atoms with van der Waals surface area (Å²) in [5, 5.41) is 9.21. The fraction of sp³-hybridized carbons (Fsp3) is 0.909. The van der Waals surface area contributed by atoms with E-state index in [1.807, 2.05) is 6.92 Å². The van der Waals surface area contributed by atoms with Crippen molar-refractivity contribution < 1.29 is 9.90 Å². The van der Waals surface area contributed by atoms with Gasteiger partial charge in [-0.15, -0.1) is 0 Å². The molecule has 0 aliphatic carbocycles. The Balaban J connectivity index is 3.02. The van der Waals surface area contributed by atoms with Crippen molar-refractivity contribution in [2.24, 2.45) is 11.1 Å². The highest BCUT2D eigenvalue weighted by Gasteiger charge is 2.48. The van der Waals surface area contributed by atoms with Crippen molar-refractivity contribution in [1.82, 2.24) is 4.90 Å². The summed E-state index contributed by atoms with van der Waals surface area (Å²) in [4.78, 5) is 12.8. The van der Waals surface area contributed by atoms with Gasteiger partial charge in [0.25, 0.3) is 0 Å². The molecular formula is C11H22N2O2. The molecule has 1 aliphatic heterocycles. The van der Waals surface area contributed by atoms with Gasteiger partial charge in [-0.25, -0.2) is 4.79 Å². The minimum absolute atomic E-state index is 0.0938. The van der Waals surface area contributed by atoms with Crippen molar-refractivity contribution in [2.75, 3.05) is 6.54 Å². The lowest BCUT2D eigenvalue weighted by atomic mass is 9.68. The number of hydrogen-bond donors (Lipinski definition) is 2. The van der Waals surface area contributed by atoms with E-state index in [1.165, 1.54) is 0 Å². The molecule has 0 aromatic carbocycles. The summed E-state index contributed by atoms with van der Waals surface area (Å²) in [6.45, 7) is 8.76. The summed E-state index contributed by atoms with van der Waals surface area (Å²) in [5.41, 5.74) is 5.49. The van der Waals surface area contributed by atoms with Gasteiger partial charge in [-0.3, -0.25) is 0 Å². The number of likely N-dealkylation sites (tertiary alicyclic amines) is 1. The molecular weight excluding hydrogens is 192 g/mol. The van der Waals surface area contributed by atoms with Crippen molar-refractivity contribution >= 4 is 6.09 Å². The van der Waals surface area contributed by atoms with Crippen LogP contribution in [0.15, 0.2) is 0 Å². The molecule has 0 saturated carbocycles. The molecule has 4 heteroatoms. The second-order valence-corrected chi connectivity index (χ2v) is 5.71. The smallest absolute Gasteiger partial charge is 0.407 e. The average molecular weight is 214 g/mol. The lowest BCUT2D eigenvalue weighted by Crippen LogP contribution is -2.62. The van der Waals surface area contributed by atoms with Gasteiger partial charge in [-0.1, -0.05) is 20.8 Å². The number of carbonyl (C=O) groups is 1. The molecule has 0 bridgehead atoms. The Morgan fingerprint density at radius 1 is 1.53 bits per heavy atom. The quantitative estimate of drug-likeness (QED) is 0.647. The first-order valence-corrected chi connectivity index (χ1v) is 5.44. The second-order valence-electron chi connectivity index (χ2n) is 5.71. The first kappa shape index (κ1) is 12.3. The zero-order valence-electron chi connectivity index (χ0n) is 10.1. The van der Waals surface area contributed by atoms with Gasteiger partial charge in [0.1, 0.15) is 0 Å². The topological polar surface area (TPSA) is 66.6 Å². The molecule has 1 amide bonds. The summed E-state index contributed by atoms with van der Waals surface area (Å²) in [5.74, 6) is 0. The van der Waals surface area contributed by atoms with Crippen molar-refractivity contribution in [3.63, 3.8) is 0 Å². The molecule has 1 heterocycles. The molecule has 88 valence electrons. The summed E-state index contributed by atoms with van der Waals surface area (Å²) < 4.78 is 0. The SMILES string of the molecule is CC(C)(C)[C@@]1(C)C[C@H](N)CCN1C(=O)O. The Kier molecular flexibility index (Phi) is 3.01. The van der Waals surface area contributed by atoms with Crippen LogP contribution in [0.4, 0.5) is 4.79 Å². The maximum atomic E-state index is 11.2. The van der Waals surface area contributed by atoms with E-state index in [0.29, 0.717) is 6.54 Å². The van der Waals surface area contributed by atoms with E-state index in [2.05, 4.69) is 20.8 Å². The van der Waals surface area contributed by atoms with Gasteiger partial charge in [0.05, 0.1) is 0 Å². The third-order valence-corrected chi connectivity index (χ3v) is 3.83. The Hall–Kier alpha value is -0.770. The lowest BCUT2D eigenvalue weighted by molar-refractivity contribution is -0.0173. The minimum Gasteiger partial charge on any atom is -0.465 e. The molecule has 1 fully saturated rings. The molecule has 0 radical (unpaired) electrons. The molecule has 2 atom stereocenters. The molecule has 1 saturated heterocycles. The zero-order valence-corrected chi connectivity index (χ0v) is 10.1. The lowest BCUT2D eigenvalue weighted by Gasteiger charge is -2.53. The van der Waals surface area contributed by atoms with Crippen molar-refractivity contribution in [3.8, 4) is 0 Å². The van der Waals surface area contributed by atoms with Crippen LogP contribution in [0.3, 0.4) is 0 Å². The third kappa shape index (κ3) is 2.09. The maximum absolute atomic E-state index is 11.2. The van der Waals surface area contributed by atoms with Gasteiger partial charge in [0, 0.05) is 18.1 Å². The maximum Gasteiger partial charge on any atom is 0.407 e. The number of nitrogens with two attached hydrogens (primary N) is 1. The summed E-state index contributed by atoms with van der Waals surface area (Å²) in [6.07, 6.45) is 0.667. The fourth-order valence-corrected chi connectivity index (χ4v) is 2.28. The van der Waals surface area contributed by atoms with Crippen LogP contribution in [0.2, 0.25) is 0 Å². The van der Waals surface area contributed by atoms with Crippen LogP contribution in [0, 0.1) is 5.41 Å². The zero-order chi connectivity index (χ0) is 11.9. The van der Waals surface area contributed by atoms with E-state index in [9.17, 15) is 9.90 Å². The van der Waals surface area contributed by atoms with Crippen LogP contribution in [0.25, 0.3) is 0 Å². The van der Waals surface area contributed by atoms with E-state index in [4.69, 9.17) is 5.73 Å². The van der Waals surface area contributed by atoms with E-state index in [-0.39, 0.29) is 17.0 Å². The van der Waals surface area contributed by atoms with Crippen LogP contribution in [0.1, 0.15) is 40.5 Å². The largest absolute Gasteiger partial charge is 0.465 e. The average Bonchev–Trinajstić information content (AvgIpc) is 2.00. The van der Waals surface area contributed by atoms with Crippen molar-refractivity contribution in [3.05, 3.63) is 0 Å². The first-order chi connectivity index (χ1) is 6.68. The number of piperidine rings is 1. The Morgan fingerprint density at radius 3 is 2.47 bits per heavy atom. The molecule has 3 N–H and O–H groups in total. The molecule has 0 aromatic heterocycles. The molecule has 4 nitrogen and oxygen atoms in total. The number of carboxylic acid groups (broad SMARTS) is 1. The van der Waals surface area contributed by atoms with Gasteiger partial charge in [-0.2, -0.15) is 0 Å². The highest BCUT2D eigenvalue weighted by atomic mass is 16.4. The molecule has 0 spiro atoms. The van der Waals surface area contributed by atoms with E-state index >= 15 is 0 Å². The first-order valence-electron chi connectivity index (χ1n) is 5.44. The van der Waals surface area contributed by atoms with Gasteiger partial charge in [0.15, 0.2) is 0 Å². The normalized spacial score (nSPS) is 32.9. The predicted molar refractivity (Wildman–Crippen MR) is 59.8 cm³/mol. The van der Waals surface area contributed by atoms with Crippen LogP contribution >= 0.6 is 0 Å². The number of amides is 1. The monoisotopic (exact) mass is 214 g/mol. The highest BCUT2D eigenvalue weighted by molar-refractivity contribution is 5.66. The van der Waals surface area contributed by atoms with Gasteiger partial charge in [-0.05, 0) is 25.2 Å². The minimum atomic E-state index is -0.834. The Labute approximate surface area is 91.4 Å². The van der Waals surface area contributed by atoms with E-state index in [0.717, 1.165) is 12.8 Å². The van der Waals surface area contributed by atoms with Crippen LogP contribution in [-0.4, -0.2) is 34.2 Å². The molecule has 1 aliphatic rings. The van der Waals surface area contributed by atoms with Crippen LogP contribution in [-0.2, 0) is 0 Å². The summed E-state index contributed by atoms with van der Waals surface area (Å²) >= 11 is 0. The van der Waals surface area contributed by atoms with Crippen LogP contribution < -0.4 is 5.73 Å². The number of hydrogen-bond acceptors (Lipinski definition) is 2. The highest BCUT2D eigenvalue weighted by Crippen LogP contribution is 2.41. The molecule has 15 heavy (non-hydrogen) atoms. The third-order valence-electron chi connectivity index (χ3n) is 3.83. The Morgan fingerprint density at radius 2 is 2.07 bits per heavy atom. The number of nitrogens with zero attached hydrogens (tertiary/aromatic N) is 1. The van der Waals surface area contributed by atoms with Crippen LogP contribution in [0.5, 0.6) is 0 Å². The second kappa shape index (κ2) is 3.67. The van der Waals surface area contributed by atoms with E-state index < -0.39 is 6.09 Å². The molecule has 0 aromatic rings. The van der Waals surface area contributed by atoms with Crippen molar-refractivity contribution in [2.45, 2.75) is 52.1 Å².